The van der Waals surface area contributed by atoms with E-state index in [1.807, 2.05) is 36.1 Å². The summed E-state index contributed by atoms with van der Waals surface area (Å²) in [5.74, 6) is 2.10. The Labute approximate surface area is 164 Å². The number of carbonyl (C=O) groups is 1. The number of likely N-dealkylation sites (tertiary alicyclic amines) is 1. The number of aromatic nitrogens is 2. The number of methoxy groups -OCH3 is 1. The van der Waals surface area contributed by atoms with Gasteiger partial charge in [-0.1, -0.05) is 17.3 Å². The first kappa shape index (κ1) is 18.7. The Kier molecular flexibility index (Phi) is 5.21. The summed E-state index contributed by atoms with van der Waals surface area (Å²) in [6, 6.07) is 7.62. The number of nitrogens with zero attached hydrogens (tertiary/aromatic N) is 3. The quantitative estimate of drug-likeness (QED) is 0.868. The van der Waals surface area contributed by atoms with Crippen LogP contribution in [0.1, 0.15) is 36.0 Å². The molecule has 1 N–H and O–H groups in total. The fourth-order valence-corrected chi connectivity index (χ4v) is 4.24. The second kappa shape index (κ2) is 7.79. The topological polar surface area (TPSA) is 89.7 Å². The van der Waals surface area contributed by atoms with E-state index in [1.165, 1.54) is 0 Å². The standard InChI is InChI=1S/C20H26N4O4/c1-14-22-18(28-23-14)17-12-24(13-20(17)7-9-27-10-8-20)19(25)21-11-15-3-5-16(26-2)6-4-15/h3-6,17H,7-13H2,1-2H3,(H,21,25)/t17-/m0/s1. The van der Waals surface area contributed by atoms with Crippen LogP contribution in [0.15, 0.2) is 28.8 Å². The van der Waals surface area contributed by atoms with E-state index in [1.54, 1.807) is 7.11 Å². The average Bonchev–Trinajstić information content (AvgIpc) is 3.31. The number of nitrogens with one attached hydrogen (secondary N) is 1. The maximum absolute atomic E-state index is 12.8. The van der Waals surface area contributed by atoms with Crippen molar-refractivity contribution in [2.24, 2.45) is 5.41 Å². The molecule has 0 radical (unpaired) electrons. The van der Waals surface area contributed by atoms with Gasteiger partial charge >= 0.3 is 6.03 Å². The van der Waals surface area contributed by atoms with Gasteiger partial charge in [-0.25, -0.2) is 4.79 Å². The number of urea groups is 1. The van der Waals surface area contributed by atoms with E-state index in [-0.39, 0.29) is 17.4 Å². The predicted octanol–water partition coefficient (Wildman–Crippen LogP) is 2.49. The SMILES string of the molecule is COc1ccc(CNC(=O)N2C[C@@H](c3nc(C)no3)C3(CCOCC3)C2)cc1. The monoisotopic (exact) mass is 386 g/mol. The molecule has 0 bridgehead atoms. The molecular weight excluding hydrogens is 360 g/mol. The van der Waals surface area contributed by atoms with Crippen molar-refractivity contribution < 1.29 is 18.8 Å². The first-order valence-electron chi connectivity index (χ1n) is 9.63. The molecule has 3 heterocycles. The van der Waals surface area contributed by atoms with Gasteiger partial charge in [0.1, 0.15) is 5.75 Å². The number of hydrogen-bond acceptors (Lipinski definition) is 6. The molecular formula is C20H26N4O4. The summed E-state index contributed by atoms with van der Waals surface area (Å²) in [4.78, 5) is 19.2. The Bertz CT molecular complexity index is 814. The molecule has 2 aromatic rings. The molecule has 2 amide bonds. The fourth-order valence-electron chi connectivity index (χ4n) is 4.24. The molecule has 1 atom stereocenters. The lowest BCUT2D eigenvalue weighted by Gasteiger charge is -2.36. The lowest BCUT2D eigenvalue weighted by Crippen LogP contribution is -2.41. The molecule has 2 saturated heterocycles. The number of amides is 2. The van der Waals surface area contributed by atoms with Gasteiger partial charge < -0.3 is 24.2 Å². The molecule has 0 unspecified atom stereocenters. The highest BCUT2D eigenvalue weighted by Gasteiger charge is 2.51. The van der Waals surface area contributed by atoms with Crippen molar-refractivity contribution in [1.29, 1.82) is 0 Å². The molecule has 2 aliphatic heterocycles. The van der Waals surface area contributed by atoms with Crippen molar-refractivity contribution in [1.82, 2.24) is 20.4 Å². The first-order chi connectivity index (χ1) is 13.6. The zero-order chi connectivity index (χ0) is 19.6. The number of hydrogen-bond donors (Lipinski definition) is 1. The number of rotatable bonds is 4. The van der Waals surface area contributed by atoms with Crippen LogP contribution in [0.2, 0.25) is 0 Å². The minimum atomic E-state index is -0.0691. The van der Waals surface area contributed by atoms with E-state index < -0.39 is 0 Å². The smallest absolute Gasteiger partial charge is 0.317 e. The van der Waals surface area contributed by atoms with Crippen LogP contribution in [0.5, 0.6) is 5.75 Å². The minimum absolute atomic E-state index is 0.0457. The van der Waals surface area contributed by atoms with Crippen molar-refractivity contribution in [2.45, 2.75) is 32.2 Å². The molecule has 1 aromatic heterocycles. The van der Waals surface area contributed by atoms with Gasteiger partial charge in [-0.3, -0.25) is 0 Å². The molecule has 8 heteroatoms. The molecule has 150 valence electrons. The summed E-state index contributed by atoms with van der Waals surface area (Å²) in [7, 11) is 1.64. The second-order valence-electron chi connectivity index (χ2n) is 7.59. The summed E-state index contributed by atoms with van der Waals surface area (Å²) in [6.45, 7) is 4.94. The lowest BCUT2D eigenvalue weighted by atomic mass is 9.72. The first-order valence-corrected chi connectivity index (χ1v) is 9.63. The van der Waals surface area contributed by atoms with Gasteiger partial charge in [0.05, 0.1) is 13.0 Å². The highest BCUT2D eigenvalue weighted by atomic mass is 16.5. The third kappa shape index (κ3) is 3.69. The third-order valence-corrected chi connectivity index (χ3v) is 5.87. The molecule has 2 fully saturated rings. The summed E-state index contributed by atoms with van der Waals surface area (Å²) < 4.78 is 16.2. The van der Waals surface area contributed by atoms with Crippen molar-refractivity contribution in [2.75, 3.05) is 33.4 Å². The van der Waals surface area contributed by atoms with Gasteiger partial charge in [0, 0.05) is 38.3 Å². The van der Waals surface area contributed by atoms with Gasteiger partial charge in [0.25, 0.3) is 0 Å². The van der Waals surface area contributed by atoms with Crippen molar-refractivity contribution in [3.05, 3.63) is 41.5 Å². The van der Waals surface area contributed by atoms with Crippen molar-refractivity contribution >= 4 is 6.03 Å². The van der Waals surface area contributed by atoms with Gasteiger partial charge in [-0.15, -0.1) is 0 Å². The molecule has 8 nitrogen and oxygen atoms in total. The van der Waals surface area contributed by atoms with Crippen LogP contribution in [0.25, 0.3) is 0 Å². The van der Waals surface area contributed by atoms with Gasteiger partial charge in [-0.05, 0) is 37.5 Å². The largest absolute Gasteiger partial charge is 0.497 e. The zero-order valence-electron chi connectivity index (χ0n) is 16.3. The van der Waals surface area contributed by atoms with E-state index in [9.17, 15) is 4.79 Å². The van der Waals surface area contributed by atoms with Crippen LogP contribution in [0, 0.1) is 12.3 Å². The number of carbonyl (C=O) groups excluding carboxylic acids is 1. The van der Waals surface area contributed by atoms with Crippen LogP contribution in [0.4, 0.5) is 4.79 Å². The fraction of sp³-hybridized carbons (Fsp3) is 0.550. The molecule has 28 heavy (non-hydrogen) atoms. The van der Waals surface area contributed by atoms with E-state index in [2.05, 4.69) is 15.5 Å². The zero-order valence-corrected chi connectivity index (χ0v) is 16.3. The summed E-state index contributed by atoms with van der Waals surface area (Å²) in [5, 5.41) is 6.98. The van der Waals surface area contributed by atoms with E-state index >= 15 is 0 Å². The maximum Gasteiger partial charge on any atom is 0.317 e. The van der Waals surface area contributed by atoms with E-state index in [4.69, 9.17) is 14.0 Å². The number of ether oxygens (including phenoxy) is 2. The van der Waals surface area contributed by atoms with E-state index in [0.717, 1.165) is 24.2 Å². The summed E-state index contributed by atoms with van der Waals surface area (Å²) >= 11 is 0. The number of aryl methyl sites for hydroxylation is 1. The number of benzene rings is 1. The predicted molar refractivity (Wildman–Crippen MR) is 101 cm³/mol. The molecule has 4 rings (SSSR count). The maximum atomic E-state index is 12.8. The summed E-state index contributed by atoms with van der Waals surface area (Å²) in [5.41, 5.74) is 0.965. The molecule has 1 aromatic carbocycles. The van der Waals surface area contributed by atoms with Gasteiger partial charge in [0.15, 0.2) is 5.82 Å². The average molecular weight is 386 g/mol. The lowest BCUT2D eigenvalue weighted by molar-refractivity contribution is 0.00942. The Morgan fingerprint density at radius 1 is 1.32 bits per heavy atom. The molecule has 1 spiro atoms. The highest BCUT2D eigenvalue weighted by Crippen LogP contribution is 2.49. The molecule has 0 saturated carbocycles. The minimum Gasteiger partial charge on any atom is -0.497 e. The Hall–Kier alpha value is -2.61. The second-order valence-corrected chi connectivity index (χ2v) is 7.59. The van der Waals surface area contributed by atoms with Crippen LogP contribution in [-0.2, 0) is 11.3 Å². The molecule has 2 aliphatic rings. The van der Waals surface area contributed by atoms with Crippen molar-refractivity contribution in [3.8, 4) is 5.75 Å². The van der Waals surface area contributed by atoms with Crippen LogP contribution >= 0.6 is 0 Å². The van der Waals surface area contributed by atoms with Crippen LogP contribution in [-0.4, -0.2) is 54.5 Å². The van der Waals surface area contributed by atoms with Crippen LogP contribution in [0.3, 0.4) is 0 Å². The highest BCUT2D eigenvalue weighted by molar-refractivity contribution is 5.74. The Balaban J connectivity index is 1.44. The Morgan fingerprint density at radius 3 is 2.71 bits per heavy atom. The normalized spacial score (nSPS) is 21.1. The van der Waals surface area contributed by atoms with Gasteiger partial charge in [-0.2, -0.15) is 4.98 Å². The van der Waals surface area contributed by atoms with Crippen molar-refractivity contribution in [3.63, 3.8) is 0 Å². The third-order valence-electron chi connectivity index (χ3n) is 5.87. The van der Waals surface area contributed by atoms with Gasteiger partial charge in [0.2, 0.25) is 5.89 Å². The Morgan fingerprint density at radius 2 is 2.07 bits per heavy atom. The van der Waals surface area contributed by atoms with Crippen LogP contribution < -0.4 is 10.1 Å². The van der Waals surface area contributed by atoms with E-state index in [0.29, 0.717) is 44.6 Å². The molecule has 0 aliphatic carbocycles. The summed E-state index contributed by atoms with van der Waals surface area (Å²) in [6.07, 6.45) is 1.78.